The number of nitrogens with zero attached hydrogens (tertiary/aromatic N) is 5. The molecule has 0 saturated heterocycles. The van der Waals surface area contributed by atoms with Crippen molar-refractivity contribution in [3.8, 4) is 22.3 Å². The summed E-state index contributed by atoms with van der Waals surface area (Å²) in [5.41, 5.74) is 4.63. The highest BCUT2D eigenvalue weighted by Crippen LogP contribution is 2.33. The normalized spacial score (nSPS) is 11.3. The average Bonchev–Trinajstić information content (AvgIpc) is 3.29. The van der Waals surface area contributed by atoms with E-state index in [4.69, 9.17) is 11.6 Å². The van der Waals surface area contributed by atoms with E-state index < -0.39 is 0 Å². The van der Waals surface area contributed by atoms with Crippen molar-refractivity contribution in [1.82, 2.24) is 24.4 Å². The van der Waals surface area contributed by atoms with Gasteiger partial charge < -0.3 is 0 Å². The smallest absolute Gasteiger partial charge is 0.267 e. The van der Waals surface area contributed by atoms with Crippen molar-refractivity contribution < 1.29 is 0 Å². The molecule has 2 aromatic carbocycles. The molecule has 0 atom stereocenters. The van der Waals surface area contributed by atoms with Crippen LogP contribution in [0.1, 0.15) is 18.3 Å². The van der Waals surface area contributed by atoms with Gasteiger partial charge in [0.1, 0.15) is 0 Å². The summed E-state index contributed by atoms with van der Waals surface area (Å²) in [6.45, 7) is 2.50. The summed E-state index contributed by atoms with van der Waals surface area (Å²) in [6.07, 6.45) is 4.73. The van der Waals surface area contributed by atoms with Crippen molar-refractivity contribution in [3.05, 3.63) is 104 Å². The predicted octanol–water partition coefficient (Wildman–Crippen LogP) is 5.84. The Morgan fingerprint density at radius 1 is 0.882 bits per heavy atom. The molecule has 0 unspecified atom stereocenters. The highest BCUT2D eigenvalue weighted by atomic mass is 79.9. The molecule has 0 bridgehead atoms. The SMILES string of the molecule is CCc1nnc2c(-c3ccc(Cl)cc3)c(-c3ccncc3)c(=O)n(CCc3ccc(Br)cc3)n12. The Labute approximate surface area is 210 Å². The molecule has 5 rings (SSSR count). The van der Waals surface area contributed by atoms with Crippen LogP contribution in [-0.2, 0) is 19.4 Å². The number of rotatable bonds is 6. The largest absolute Gasteiger partial charge is 0.274 e. The van der Waals surface area contributed by atoms with Crippen LogP contribution in [0, 0.1) is 0 Å². The molecule has 34 heavy (non-hydrogen) atoms. The molecule has 6 nitrogen and oxygen atoms in total. The van der Waals surface area contributed by atoms with Crippen molar-refractivity contribution in [2.45, 2.75) is 26.3 Å². The maximum absolute atomic E-state index is 14.1. The van der Waals surface area contributed by atoms with Crippen molar-refractivity contribution in [3.63, 3.8) is 0 Å². The fourth-order valence-corrected chi connectivity index (χ4v) is 4.54. The summed E-state index contributed by atoms with van der Waals surface area (Å²) in [4.78, 5) is 18.3. The molecular weight excluding hydrogens is 514 g/mol. The molecular formula is C26H21BrClN5O. The van der Waals surface area contributed by atoms with Gasteiger partial charge >= 0.3 is 0 Å². The van der Waals surface area contributed by atoms with Crippen LogP contribution in [0.5, 0.6) is 0 Å². The van der Waals surface area contributed by atoms with Crippen molar-refractivity contribution >= 4 is 33.2 Å². The molecule has 0 spiro atoms. The van der Waals surface area contributed by atoms with Gasteiger partial charge in [0.05, 0.1) is 5.56 Å². The molecule has 8 heteroatoms. The first kappa shape index (κ1) is 22.5. The summed E-state index contributed by atoms with van der Waals surface area (Å²) in [5.74, 6) is 0.736. The maximum Gasteiger partial charge on any atom is 0.274 e. The van der Waals surface area contributed by atoms with Crippen molar-refractivity contribution in [2.24, 2.45) is 0 Å². The third-order valence-electron chi connectivity index (χ3n) is 5.81. The number of hydrogen-bond donors (Lipinski definition) is 0. The predicted molar refractivity (Wildman–Crippen MR) is 138 cm³/mol. The van der Waals surface area contributed by atoms with Gasteiger partial charge in [-0.15, -0.1) is 10.2 Å². The molecule has 5 aromatic rings. The lowest BCUT2D eigenvalue weighted by Crippen LogP contribution is -2.30. The lowest BCUT2D eigenvalue weighted by atomic mass is 9.97. The lowest BCUT2D eigenvalue weighted by Gasteiger charge is -2.17. The van der Waals surface area contributed by atoms with Gasteiger partial charge in [-0.25, -0.2) is 9.20 Å². The van der Waals surface area contributed by atoms with E-state index in [2.05, 4.69) is 43.2 Å². The van der Waals surface area contributed by atoms with Crippen molar-refractivity contribution in [1.29, 1.82) is 0 Å². The summed E-state index contributed by atoms with van der Waals surface area (Å²) in [6, 6.07) is 19.3. The fourth-order valence-electron chi connectivity index (χ4n) is 4.14. The van der Waals surface area contributed by atoms with Crippen LogP contribution < -0.4 is 5.56 Å². The Morgan fingerprint density at radius 2 is 1.56 bits per heavy atom. The first-order chi connectivity index (χ1) is 16.6. The number of aromatic nitrogens is 5. The van der Waals surface area contributed by atoms with Gasteiger partial charge in [0.2, 0.25) is 0 Å². The Hall–Kier alpha value is -3.29. The van der Waals surface area contributed by atoms with E-state index in [0.29, 0.717) is 35.6 Å². The van der Waals surface area contributed by atoms with E-state index in [0.717, 1.165) is 32.6 Å². The molecule has 3 aromatic heterocycles. The van der Waals surface area contributed by atoms with Crippen LogP contribution >= 0.6 is 27.5 Å². The van der Waals surface area contributed by atoms with E-state index in [9.17, 15) is 4.79 Å². The minimum atomic E-state index is -0.102. The number of benzene rings is 2. The molecule has 170 valence electrons. The van der Waals surface area contributed by atoms with E-state index >= 15 is 0 Å². The summed E-state index contributed by atoms with van der Waals surface area (Å²) >= 11 is 9.64. The van der Waals surface area contributed by atoms with Gasteiger partial charge in [0, 0.05) is 40.4 Å². The third-order valence-corrected chi connectivity index (χ3v) is 6.59. The van der Waals surface area contributed by atoms with Crippen LogP contribution in [-0.4, -0.2) is 24.4 Å². The van der Waals surface area contributed by atoms with E-state index in [1.165, 1.54) is 0 Å². The number of aryl methyl sites for hydroxylation is 3. The van der Waals surface area contributed by atoms with Crippen LogP contribution in [0.25, 0.3) is 27.9 Å². The molecule has 0 radical (unpaired) electrons. The molecule has 0 aliphatic rings. The quantitative estimate of drug-likeness (QED) is 0.274. The number of pyridine rings is 1. The minimum Gasteiger partial charge on any atom is -0.267 e. The van der Waals surface area contributed by atoms with Gasteiger partial charge in [0.25, 0.3) is 5.56 Å². The Bertz CT molecular complexity index is 1510. The average molecular weight is 535 g/mol. The van der Waals surface area contributed by atoms with Gasteiger partial charge in [-0.2, -0.15) is 0 Å². The number of halogens is 2. The molecule has 0 aliphatic heterocycles. The van der Waals surface area contributed by atoms with Crippen LogP contribution in [0.15, 0.2) is 82.3 Å². The lowest BCUT2D eigenvalue weighted by molar-refractivity contribution is 0.534. The molecule has 0 fully saturated rings. The minimum absolute atomic E-state index is 0.102. The summed E-state index contributed by atoms with van der Waals surface area (Å²) < 4.78 is 4.65. The maximum atomic E-state index is 14.1. The fraction of sp³-hybridized carbons (Fsp3) is 0.154. The zero-order valence-electron chi connectivity index (χ0n) is 18.4. The first-order valence-electron chi connectivity index (χ1n) is 11.0. The number of hydrogen-bond acceptors (Lipinski definition) is 4. The van der Waals surface area contributed by atoms with Gasteiger partial charge in [-0.05, 0) is 59.5 Å². The first-order valence-corrected chi connectivity index (χ1v) is 12.2. The monoisotopic (exact) mass is 533 g/mol. The second-order valence-electron chi connectivity index (χ2n) is 7.90. The Morgan fingerprint density at radius 3 is 2.24 bits per heavy atom. The second kappa shape index (κ2) is 9.52. The molecule has 0 saturated carbocycles. The summed E-state index contributed by atoms with van der Waals surface area (Å²) in [5, 5.41) is 9.60. The zero-order valence-corrected chi connectivity index (χ0v) is 20.8. The topological polar surface area (TPSA) is 65.1 Å². The van der Waals surface area contributed by atoms with E-state index in [1.807, 2.05) is 60.0 Å². The van der Waals surface area contributed by atoms with Crippen molar-refractivity contribution in [2.75, 3.05) is 0 Å². The summed E-state index contributed by atoms with van der Waals surface area (Å²) in [7, 11) is 0. The van der Waals surface area contributed by atoms with E-state index in [-0.39, 0.29) is 5.56 Å². The highest BCUT2D eigenvalue weighted by molar-refractivity contribution is 9.10. The Kier molecular flexibility index (Phi) is 6.30. The van der Waals surface area contributed by atoms with Crippen LogP contribution in [0.3, 0.4) is 0 Å². The highest BCUT2D eigenvalue weighted by Gasteiger charge is 2.23. The van der Waals surface area contributed by atoms with Crippen LogP contribution in [0.4, 0.5) is 0 Å². The number of fused-ring (bicyclic) bond motifs is 1. The van der Waals surface area contributed by atoms with E-state index in [1.54, 1.807) is 17.1 Å². The Balaban J connectivity index is 1.78. The van der Waals surface area contributed by atoms with Crippen LogP contribution in [0.2, 0.25) is 5.02 Å². The third kappa shape index (κ3) is 4.17. The molecule has 0 N–H and O–H groups in total. The van der Waals surface area contributed by atoms with Gasteiger partial charge in [-0.3, -0.25) is 9.78 Å². The van der Waals surface area contributed by atoms with Gasteiger partial charge in [-0.1, -0.05) is 58.7 Å². The molecule has 0 amide bonds. The molecule has 0 aliphatic carbocycles. The van der Waals surface area contributed by atoms with Gasteiger partial charge in [0.15, 0.2) is 11.5 Å². The molecule has 3 heterocycles. The zero-order chi connectivity index (χ0) is 23.7. The second-order valence-corrected chi connectivity index (χ2v) is 9.25. The standard InChI is InChI=1S/C26H21BrClN5O/c1-2-22-30-31-25-23(18-5-9-21(28)10-6-18)24(19-11-14-29-15-12-19)26(34)32(33(22)25)16-13-17-3-7-20(27)8-4-17/h3-12,14-15H,2,13,16H2,1H3.